The fraction of sp³-hybridized carbons (Fsp3) is 0.333. The van der Waals surface area contributed by atoms with Gasteiger partial charge >= 0.3 is 6.09 Å². The van der Waals surface area contributed by atoms with E-state index in [1.807, 2.05) is 0 Å². The molecule has 3 aromatic heterocycles. The normalized spacial score (nSPS) is 16.7. The van der Waals surface area contributed by atoms with Crippen LogP contribution in [-0.2, 0) is 20.9 Å². The lowest BCUT2D eigenvalue weighted by Gasteiger charge is -2.29. The van der Waals surface area contributed by atoms with Gasteiger partial charge in [-0.2, -0.15) is 0 Å². The van der Waals surface area contributed by atoms with Crippen molar-refractivity contribution in [1.29, 1.82) is 0 Å². The maximum atomic E-state index is 14.1. The van der Waals surface area contributed by atoms with E-state index in [4.69, 9.17) is 16.9 Å². The molecule has 4 aromatic rings. The van der Waals surface area contributed by atoms with Crippen LogP contribution in [0.2, 0.25) is 0 Å². The van der Waals surface area contributed by atoms with Gasteiger partial charge in [-0.3, -0.25) is 14.9 Å². The summed E-state index contributed by atoms with van der Waals surface area (Å²) in [5.41, 5.74) is 7.06. The molecule has 12 nitrogen and oxygen atoms in total. The molecule has 0 bridgehead atoms. The summed E-state index contributed by atoms with van der Waals surface area (Å²) in [6.45, 7) is 5.16. The molecule has 1 saturated heterocycles. The Bertz CT molecular complexity index is 1770. The van der Waals surface area contributed by atoms with E-state index in [0.717, 1.165) is 0 Å². The number of halogens is 1. The molecule has 222 valence electrons. The maximum absolute atomic E-state index is 14.1. The van der Waals surface area contributed by atoms with Crippen LogP contribution in [0.15, 0.2) is 47.3 Å². The summed E-state index contributed by atoms with van der Waals surface area (Å²) >= 11 is 3.31. The maximum Gasteiger partial charge on any atom is 0.412 e. The largest absolute Gasteiger partial charge is 0.444 e. The van der Waals surface area contributed by atoms with Crippen LogP contribution in [0.25, 0.3) is 21.9 Å². The summed E-state index contributed by atoms with van der Waals surface area (Å²) in [5, 5.41) is 6.83. The molecule has 1 fully saturated rings. The van der Waals surface area contributed by atoms with Crippen molar-refractivity contribution in [3.63, 3.8) is 0 Å². The third-order valence-electron chi connectivity index (χ3n) is 7.02. The monoisotopic (exact) mass is 646 g/mol. The van der Waals surface area contributed by atoms with Gasteiger partial charge < -0.3 is 25.3 Å². The summed E-state index contributed by atoms with van der Waals surface area (Å²) in [4.78, 5) is 54.4. The Balaban J connectivity index is 1.50. The number of benzene rings is 1. The van der Waals surface area contributed by atoms with Crippen molar-refractivity contribution in [3.05, 3.63) is 47.3 Å². The summed E-state index contributed by atoms with van der Waals surface area (Å²) < 4.78 is 7.67. The average Bonchev–Trinajstić information content (AvgIpc) is 3.48. The van der Waals surface area contributed by atoms with E-state index in [2.05, 4.69) is 47.4 Å². The second kappa shape index (κ2) is 11.9. The fourth-order valence-electron chi connectivity index (χ4n) is 5.35. The number of ether oxygens (including phenoxy) is 1. The van der Waals surface area contributed by atoms with Crippen molar-refractivity contribution in [2.45, 2.75) is 64.3 Å². The van der Waals surface area contributed by atoms with E-state index < -0.39 is 17.7 Å². The van der Waals surface area contributed by atoms with Crippen molar-refractivity contribution in [2.24, 2.45) is 0 Å². The molecular weight excluding hydrogens is 616 g/mol. The smallest absolute Gasteiger partial charge is 0.412 e. The van der Waals surface area contributed by atoms with Gasteiger partial charge in [-0.05, 0) is 79.9 Å². The highest BCUT2D eigenvalue weighted by atomic mass is 79.9. The van der Waals surface area contributed by atoms with Crippen molar-refractivity contribution >= 4 is 73.1 Å². The van der Waals surface area contributed by atoms with Gasteiger partial charge in [0.2, 0.25) is 11.8 Å². The first-order valence-corrected chi connectivity index (χ1v) is 14.4. The Morgan fingerprint density at radius 1 is 1.16 bits per heavy atom. The number of nitrogens with two attached hydrogens (primary N) is 1. The van der Waals surface area contributed by atoms with Gasteiger partial charge in [0.1, 0.15) is 46.4 Å². The Kier molecular flexibility index (Phi) is 8.23. The lowest BCUT2D eigenvalue weighted by atomic mass is 10.1. The summed E-state index contributed by atoms with van der Waals surface area (Å²) in [6, 6.07) is 9.33. The second-order valence-corrected chi connectivity index (χ2v) is 12.0. The number of rotatable bonds is 6. The van der Waals surface area contributed by atoms with Crippen molar-refractivity contribution < 1.29 is 19.1 Å². The van der Waals surface area contributed by atoms with Crippen LogP contribution in [-0.4, -0.2) is 60.0 Å². The Labute approximate surface area is 256 Å². The van der Waals surface area contributed by atoms with Crippen molar-refractivity contribution in [3.8, 4) is 12.3 Å². The standard InChI is InChI=1S/C30H31BrN8O4/c1-5-7-18-11-13-20(28(41)37-23-9-6-8-22(31)36-23)39(18)24(40)15-38-21-14-17(35-29(42)43-30(2,3)4)10-12-19(21)25-26(32)33-16-34-27(25)38/h1,6,8-10,12,14,16,18,20H,7,11,13,15H2,2-4H3,(H,35,42)(H2,32,33,34)(H,36,37,41)/t18-,20+/m1/s1. The first kappa shape index (κ1) is 29.8. The fourth-order valence-corrected chi connectivity index (χ4v) is 5.69. The first-order chi connectivity index (χ1) is 20.4. The SMILES string of the molecule is C#CC[C@@H]1CC[C@@H](C(=O)Nc2cccc(Br)n2)N1C(=O)Cn1c2cc(NC(=O)OC(C)(C)C)ccc2c2c(N)ncnc21. The molecule has 0 radical (unpaired) electrons. The lowest BCUT2D eigenvalue weighted by Crippen LogP contribution is -2.48. The lowest BCUT2D eigenvalue weighted by molar-refractivity contribution is -0.139. The van der Waals surface area contributed by atoms with Gasteiger partial charge in [-0.25, -0.2) is 19.7 Å². The third kappa shape index (κ3) is 6.39. The zero-order chi connectivity index (χ0) is 30.9. The molecule has 0 unspecified atom stereocenters. The van der Waals surface area contributed by atoms with Gasteiger partial charge in [0.25, 0.3) is 0 Å². The zero-order valence-corrected chi connectivity index (χ0v) is 25.5. The number of terminal acetylenes is 1. The number of pyridine rings is 1. The van der Waals surface area contributed by atoms with E-state index >= 15 is 0 Å². The molecule has 1 aliphatic rings. The number of hydrogen-bond acceptors (Lipinski definition) is 8. The van der Waals surface area contributed by atoms with E-state index in [-0.39, 0.29) is 30.2 Å². The minimum atomic E-state index is -0.746. The number of aromatic nitrogens is 4. The van der Waals surface area contributed by atoms with Gasteiger partial charge in [0, 0.05) is 23.5 Å². The van der Waals surface area contributed by atoms with E-state index in [0.29, 0.717) is 57.3 Å². The van der Waals surface area contributed by atoms with Gasteiger partial charge in [-0.1, -0.05) is 6.07 Å². The number of amides is 3. The zero-order valence-electron chi connectivity index (χ0n) is 23.9. The molecule has 5 rings (SSSR count). The molecular formula is C30H31BrN8O4. The van der Waals surface area contributed by atoms with Gasteiger partial charge in [0.05, 0.1) is 10.9 Å². The molecule has 4 N–H and O–H groups in total. The highest BCUT2D eigenvalue weighted by molar-refractivity contribution is 9.10. The number of hydrogen-bond donors (Lipinski definition) is 3. The van der Waals surface area contributed by atoms with E-state index in [1.54, 1.807) is 66.6 Å². The number of likely N-dealkylation sites (tertiary alicyclic amines) is 1. The first-order valence-electron chi connectivity index (χ1n) is 13.7. The number of nitrogens with one attached hydrogen (secondary N) is 2. The highest BCUT2D eigenvalue weighted by Crippen LogP contribution is 2.34. The molecule has 4 heterocycles. The van der Waals surface area contributed by atoms with Crippen molar-refractivity contribution in [2.75, 3.05) is 16.4 Å². The number of carbonyl (C=O) groups is 3. The second-order valence-electron chi connectivity index (χ2n) is 11.2. The molecule has 0 aliphatic carbocycles. The molecule has 1 aliphatic heterocycles. The number of carbonyl (C=O) groups excluding carboxylic acids is 3. The minimum absolute atomic E-state index is 0.160. The average molecular weight is 648 g/mol. The van der Waals surface area contributed by atoms with Crippen LogP contribution < -0.4 is 16.4 Å². The van der Waals surface area contributed by atoms with Crippen LogP contribution in [0.5, 0.6) is 0 Å². The molecule has 0 spiro atoms. The highest BCUT2D eigenvalue weighted by Gasteiger charge is 2.41. The minimum Gasteiger partial charge on any atom is -0.444 e. The summed E-state index contributed by atoms with van der Waals surface area (Å²) in [5.74, 6) is 2.59. The quantitative estimate of drug-likeness (QED) is 0.201. The Hall–Kier alpha value is -4.70. The van der Waals surface area contributed by atoms with Crippen LogP contribution in [0.1, 0.15) is 40.0 Å². The van der Waals surface area contributed by atoms with Crippen LogP contribution >= 0.6 is 15.9 Å². The molecule has 0 saturated carbocycles. The molecule has 3 amide bonds. The predicted octanol–water partition coefficient (Wildman–Crippen LogP) is 4.69. The summed E-state index contributed by atoms with van der Waals surface area (Å²) in [7, 11) is 0. The number of nitrogens with zero attached hydrogens (tertiary/aromatic N) is 5. The number of nitrogen functional groups attached to an aromatic ring is 1. The molecule has 1 aromatic carbocycles. The molecule has 43 heavy (non-hydrogen) atoms. The van der Waals surface area contributed by atoms with Crippen LogP contribution in [0.4, 0.5) is 22.1 Å². The van der Waals surface area contributed by atoms with Gasteiger partial charge in [-0.15, -0.1) is 12.3 Å². The van der Waals surface area contributed by atoms with Crippen LogP contribution in [0, 0.1) is 12.3 Å². The Morgan fingerprint density at radius 3 is 2.67 bits per heavy atom. The topological polar surface area (TPSA) is 157 Å². The predicted molar refractivity (Wildman–Crippen MR) is 167 cm³/mol. The van der Waals surface area contributed by atoms with Gasteiger partial charge in [0.15, 0.2) is 0 Å². The van der Waals surface area contributed by atoms with E-state index in [1.165, 1.54) is 6.33 Å². The number of anilines is 3. The molecule has 2 atom stereocenters. The summed E-state index contributed by atoms with van der Waals surface area (Å²) in [6.07, 6.45) is 7.68. The Morgan fingerprint density at radius 2 is 1.95 bits per heavy atom. The number of fused-ring (bicyclic) bond motifs is 3. The van der Waals surface area contributed by atoms with Crippen LogP contribution in [0.3, 0.4) is 0 Å². The third-order valence-corrected chi connectivity index (χ3v) is 7.46. The molecule has 13 heteroatoms. The van der Waals surface area contributed by atoms with Crippen molar-refractivity contribution in [1.82, 2.24) is 24.4 Å². The van der Waals surface area contributed by atoms with E-state index in [9.17, 15) is 14.4 Å².